The van der Waals surface area contributed by atoms with E-state index in [0.717, 1.165) is 45.9 Å². The molecule has 1 aliphatic heterocycles. The molecule has 1 heterocycles. The first kappa shape index (κ1) is 13.9. The van der Waals surface area contributed by atoms with Crippen LogP contribution >= 0.6 is 0 Å². The minimum absolute atomic E-state index is 0.264. The summed E-state index contributed by atoms with van der Waals surface area (Å²) in [5.41, 5.74) is 5.36. The summed E-state index contributed by atoms with van der Waals surface area (Å²) in [4.78, 5) is 4.74. The molecular weight excluding hydrogens is 206 g/mol. The molecule has 0 spiro atoms. The first-order valence-electron chi connectivity index (χ1n) is 6.20. The van der Waals surface area contributed by atoms with E-state index in [2.05, 4.69) is 9.80 Å². The van der Waals surface area contributed by atoms with Crippen molar-refractivity contribution >= 4 is 0 Å². The fraction of sp³-hybridized carbons (Fsp3) is 1.00. The predicted octanol–water partition coefficient (Wildman–Crippen LogP) is -1.04. The second kappa shape index (κ2) is 8.90. The normalized spacial score (nSPS) is 19.9. The maximum absolute atomic E-state index is 8.89. The van der Waals surface area contributed by atoms with Gasteiger partial charge in [-0.3, -0.25) is 9.80 Å². The first-order chi connectivity index (χ1) is 7.86. The Hall–Kier alpha value is -0.200. The van der Waals surface area contributed by atoms with Crippen LogP contribution in [0, 0.1) is 0 Å². The molecule has 0 aliphatic carbocycles. The van der Waals surface area contributed by atoms with Crippen LogP contribution in [0.2, 0.25) is 0 Å². The SMILES string of the molecule is NCCOCCN1CCCN(CCO)CC1. The lowest BCUT2D eigenvalue weighted by atomic mass is 10.4. The average molecular weight is 231 g/mol. The first-order valence-corrected chi connectivity index (χ1v) is 6.20. The van der Waals surface area contributed by atoms with Crippen LogP contribution in [0.5, 0.6) is 0 Å². The van der Waals surface area contributed by atoms with Gasteiger partial charge in [-0.25, -0.2) is 0 Å². The minimum Gasteiger partial charge on any atom is -0.395 e. The van der Waals surface area contributed by atoms with E-state index >= 15 is 0 Å². The number of hydrogen-bond donors (Lipinski definition) is 2. The van der Waals surface area contributed by atoms with Crippen LogP contribution in [0.4, 0.5) is 0 Å². The van der Waals surface area contributed by atoms with Gasteiger partial charge in [0.15, 0.2) is 0 Å². The van der Waals surface area contributed by atoms with E-state index in [9.17, 15) is 0 Å². The Morgan fingerprint density at radius 3 is 2.31 bits per heavy atom. The number of aliphatic hydroxyl groups is 1. The summed E-state index contributed by atoms with van der Waals surface area (Å²) < 4.78 is 5.38. The average Bonchev–Trinajstić information content (AvgIpc) is 2.51. The van der Waals surface area contributed by atoms with E-state index in [1.165, 1.54) is 6.42 Å². The summed E-state index contributed by atoms with van der Waals surface area (Å²) in [7, 11) is 0. The minimum atomic E-state index is 0.264. The molecule has 16 heavy (non-hydrogen) atoms. The molecule has 0 aromatic heterocycles. The maximum Gasteiger partial charge on any atom is 0.0594 e. The molecule has 0 amide bonds. The molecule has 0 radical (unpaired) electrons. The van der Waals surface area contributed by atoms with Crippen molar-refractivity contribution in [3.63, 3.8) is 0 Å². The van der Waals surface area contributed by atoms with E-state index in [1.807, 2.05) is 0 Å². The number of hydrogen-bond acceptors (Lipinski definition) is 5. The zero-order valence-corrected chi connectivity index (χ0v) is 10.1. The van der Waals surface area contributed by atoms with Gasteiger partial charge in [0.05, 0.1) is 19.8 Å². The van der Waals surface area contributed by atoms with Gasteiger partial charge in [0.1, 0.15) is 0 Å². The van der Waals surface area contributed by atoms with E-state index in [-0.39, 0.29) is 6.61 Å². The number of aliphatic hydroxyl groups excluding tert-OH is 1. The van der Waals surface area contributed by atoms with Crippen molar-refractivity contribution in [2.24, 2.45) is 5.73 Å². The van der Waals surface area contributed by atoms with Gasteiger partial charge in [-0.1, -0.05) is 0 Å². The highest BCUT2D eigenvalue weighted by atomic mass is 16.5. The number of nitrogens with zero attached hydrogens (tertiary/aromatic N) is 2. The summed E-state index contributed by atoms with van der Waals surface area (Å²) in [5, 5.41) is 8.89. The zero-order chi connectivity index (χ0) is 11.6. The Bertz CT molecular complexity index is 169. The lowest BCUT2D eigenvalue weighted by molar-refractivity contribution is 0.109. The number of ether oxygens (including phenoxy) is 1. The molecule has 0 bridgehead atoms. The summed E-state index contributed by atoms with van der Waals surface area (Å²) >= 11 is 0. The molecule has 5 nitrogen and oxygen atoms in total. The van der Waals surface area contributed by atoms with Gasteiger partial charge in [0, 0.05) is 32.7 Å². The molecule has 0 aromatic carbocycles. The van der Waals surface area contributed by atoms with E-state index in [4.69, 9.17) is 15.6 Å². The molecule has 0 unspecified atom stereocenters. The monoisotopic (exact) mass is 231 g/mol. The fourth-order valence-electron chi connectivity index (χ4n) is 1.99. The van der Waals surface area contributed by atoms with Crippen molar-refractivity contribution in [2.75, 3.05) is 65.6 Å². The third-order valence-corrected chi connectivity index (χ3v) is 2.91. The predicted molar refractivity (Wildman–Crippen MR) is 64.5 cm³/mol. The van der Waals surface area contributed by atoms with Crippen molar-refractivity contribution in [1.82, 2.24) is 9.80 Å². The highest BCUT2D eigenvalue weighted by Gasteiger charge is 2.13. The molecule has 1 saturated heterocycles. The highest BCUT2D eigenvalue weighted by molar-refractivity contribution is 4.69. The third kappa shape index (κ3) is 5.77. The largest absolute Gasteiger partial charge is 0.395 e. The van der Waals surface area contributed by atoms with E-state index < -0.39 is 0 Å². The second-order valence-electron chi connectivity index (χ2n) is 4.16. The Labute approximate surface area is 98.2 Å². The highest BCUT2D eigenvalue weighted by Crippen LogP contribution is 2.02. The maximum atomic E-state index is 8.89. The van der Waals surface area contributed by atoms with Crippen LogP contribution in [0.3, 0.4) is 0 Å². The molecule has 0 aromatic rings. The molecule has 3 N–H and O–H groups in total. The van der Waals surface area contributed by atoms with Crippen LogP contribution in [0.1, 0.15) is 6.42 Å². The zero-order valence-electron chi connectivity index (χ0n) is 10.1. The van der Waals surface area contributed by atoms with Crippen LogP contribution in [0.15, 0.2) is 0 Å². The van der Waals surface area contributed by atoms with Crippen LogP contribution in [0.25, 0.3) is 0 Å². The van der Waals surface area contributed by atoms with E-state index in [0.29, 0.717) is 13.2 Å². The van der Waals surface area contributed by atoms with Gasteiger partial charge in [-0.05, 0) is 19.5 Å². The molecule has 1 fully saturated rings. The summed E-state index contributed by atoms with van der Waals surface area (Å²) in [6.45, 7) is 8.45. The molecular formula is C11H25N3O2. The Morgan fingerprint density at radius 2 is 1.69 bits per heavy atom. The van der Waals surface area contributed by atoms with Gasteiger partial charge in [-0.15, -0.1) is 0 Å². The summed E-state index contributed by atoms with van der Waals surface area (Å²) in [6, 6.07) is 0. The van der Waals surface area contributed by atoms with Gasteiger partial charge in [0.2, 0.25) is 0 Å². The van der Waals surface area contributed by atoms with Crippen molar-refractivity contribution in [1.29, 1.82) is 0 Å². The quantitative estimate of drug-likeness (QED) is 0.548. The third-order valence-electron chi connectivity index (χ3n) is 2.91. The standard InChI is InChI=1S/C11H25N3O2/c12-2-10-16-11-8-14-4-1-3-13(5-6-14)7-9-15/h15H,1-12H2. The lowest BCUT2D eigenvalue weighted by Gasteiger charge is -2.21. The van der Waals surface area contributed by atoms with Gasteiger partial charge in [0.25, 0.3) is 0 Å². The lowest BCUT2D eigenvalue weighted by Crippen LogP contribution is -2.34. The van der Waals surface area contributed by atoms with Gasteiger partial charge in [-0.2, -0.15) is 0 Å². The molecule has 96 valence electrons. The molecule has 0 atom stereocenters. The number of β-amino-alcohol motifs (C(OH)–C–C–N with tert-alkyl or cyclic N) is 1. The molecule has 1 rings (SSSR count). The summed E-state index contributed by atoms with van der Waals surface area (Å²) in [5.74, 6) is 0. The van der Waals surface area contributed by atoms with Crippen molar-refractivity contribution in [3.05, 3.63) is 0 Å². The van der Waals surface area contributed by atoms with Crippen LogP contribution < -0.4 is 5.73 Å². The Kier molecular flexibility index (Phi) is 7.71. The number of nitrogens with two attached hydrogens (primary N) is 1. The summed E-state index contributed by atoms with van der Waals surface area (Å²) in [6.07, 6.45) is 1.18. The van der Waals surface area contributed by atoms with Crippen molar-refractivity contribution in [3.8, 4) is 0 Å². The van der Waals surface area contributed by atoms with Crippen LogP contribution in [-0.2, 0) is 4.74 Å². The smallest absolute Gasteiger partial charge is 0.0594 e. The van der Waals surface area contributed by atoms with E-state index in [1.54, 1.807) is 0 Å². The Morgan fingerprint density at radius 1 is 1.00 bits per heavy atom. The van der Waals surface area contributed by atoms with Crippen LogP contribution in [-0.4, -0.2) is 80.5 Å². The van der Waals surface area contributed by atoms with Crippen molar-refractivity contribution in [2.45, 2.75) is 6.42 Å². The number of rotatable bonds is 7. The topological polar surface area (TPSA) is 62.0 Å². The van der Waals surface area contributed by atoms with Gasteiger partial charge >= 0.3 is 0 Å². The molecule has 5 heteroatoms. The molecule has 1 aliphatic rings. The fourth-order valence-corrected chi connectivity index (χ4v) is 1.99. The van der Waals surface area contributed by atoms with Crippen molar-refractivity contribution < 1.29 is 9.84 Å². The molecule has 0 saturated carbocycles. The Balaban J connectivity index is 2.10. The van der Waals surface area contributed by atoms with Gasteiger partial charge < -0.3 is 15.6 Å². The second-order valence-corrected chi connectivity index (χ2v) is 4.16.